The maximum Gasteiger partial charge on any atom is 0.416 e. The fourth-order valence-electron chi connectivity index (χ4n) is 2.02. The van der Waals surface area contributed by atoms with E-state index in [9.17, 15) is 36.3 Å². The molecule has 0 aliphatic carbocycles. The van der Waals surface area contributed by atoms with Crippen LogP contribution >= 0.6 is 0 Å². The van der Waals surface area contributed by atoms with Crippen molar-refractivity contribution in [3.8, 4) is 5.75 Å². The maximum absolute atomic E-state index is 13.4. The largest absolute Gasteiger partial charge is 0.447 e. The number of ether oxygens (including phenoxy) is 2. The van der Waals surface area contributed by atoms with Crippen molar-refractivity contribution in [2.45, 2.75) is 19.4 Å². The van der Waals surface area contributed by atoms with Gasteiger partial charge in [0.15, 0.2) is 0 Å². The van der Waals surface area contributed by atoms with Crippen LogP contribution in [-0.4, -0.2) is 35.5 Å². The molecule has 130 valence electrons. The zero-order chi connectivity index (χ0) is 18.2. The van der Waals surface area contributed by atoms with Gasteiger partial charge in [-0.2, -0.15) is 8.78 Å². The summed E-state index contributed by atoms with van der Waals surface area (Å²) in [7, 11) is 0. The maximum atomic E-state index is 13.4. The first-order valence-electron chi connectivity index (χ1n) is 6.33. The highest BCUT2D eigenvalue weighted by Crippen LogP contribution is 2.29. The molecular formula is C13H8F5NO5. The second-order valence-electron chi connectivity index (χ2n) is 4.70. The molecule has 0 radical (unpaired) electrons. The number of carbonyl (C=O) groups excluding carboxylic acids is 3. The Morgan fingerprint density at radius 2 is 1.58 bits per heavy atom. The van der Waals surface area contributed by atoms with Gasteiger partial charge in [-0.25, -0.2) is 22.9 Å². The van der Waals surface area contributed by atoms with Crippen LogP contribution < -0.4 is 4.74 Å². The van der Waals surface area contributed by atoms with Crippen molar-refractivity contribution >= 4 is 18.0 Å². The number of esters is 1. The molecule has 1 fully saturated rings. The SMILES string of the molecule is CC(=O)N1C(=O)OC[C@@H]1CC(=O)Oc1c(F)c(F)c(F)c(F)c1F. The lowest BCUT2D eigenvalue weighted by Gasteiger charge is -2.17. The number of nitrogens with zero attached hydrogens (tertiary/aromatic N) is 1. The number of benzene rings is 1. The standard InChI is InChI=1S/C13H8F5NO5/c1-4(20)19-5(3-23-13(19)22)2-6(21)24-12-10(17)8(15)7(14)9(16)11(12)18/h5H,2-3H2,1H3/t5-/m0/s1. The van der Waals surface area contributed by atoms with Crippen LogP contribution in [0.5, 0.6) is 5.75 Å². The van der Waals surface area contributed by atoms with Crippen molar-refractivity contribution in [3.05, 3.63) is 29.1 Å². The highest BCUT2D eigenvalue weighted by Gasteiger charge is 2.38. The topological polar surface area (TPSA) is 72.9 Å². The fraction of sp³-hybridized carbons (Fsp3) is 0.308. The Bertz CT molecular complexity index is 709. The summed E-state index contributed by atoms with van der Waals surface area (Å²) in [6, 6.07) is -1.12. The Hall–Kier alpha value is -2.72. The normalized spacial score (nSPS) is 17.0. The number of amides is 2. The van der Waals surface area contributed by atoms with Crippen molar-refractivity contribution in [2.75, 3.05) is 6.61 Å². The van der Waals surface area contributed by atoms with E-state index in [4.69, 9.17) is 0 Å². The van der Waals surface area contributed by atoms with Crippen LogP contribution in [0.4, 0.5) is 26.7 Å². The van der Waals surface area contributed by atoms with Crippen molar-refractivity contribution in [1.29, 1.82) is 0 Å². The second kappa shape index (κ2) is 6.42. The lowest BCUT2D eigenvalue weighted by atomic mass is 10.2. The average molecular weight is 353 g/mol. The van der Waals surface area contributed by atoms with Crippen molar-refractivity contribution in [3.63, 3.8) is 0 Å². The molecule has 2 amide bonds. The summed E-state index contributed by atoms with van der Waals surface area (Å²) in [5.74, 6) is -15.5. The highest BCUT2D eigenvalue weighted by atomic mass is 19.2. The third kappa shape index (κ3) is 3.01. The Balaban J connectivity index is 2.20. The molecule has 1 aromatic carbocycles. The Morgan fingerprint density at radius 3 is 2.08 bits per heavy atom. The molecule has 1 atom stereocenters. The lowest BCUT2D eigenvalue weighted by Crippen LogP contribution is -2.39. The fourth-order valence-corrected chi connectivity index (χ4v) is 2.02. The number of hydrogen-bond acceptors (Lipinski definition) is 5. The van der Waals surface area contributed by atoms with Gasteiger partial charge in [0.25, 0.3) is 0 Å². The van der Waals surface area contributed by atoms with Crippen LogP contribution in [0.3, 0.4) is 0 Å². The van der Waals surface area contributed by atoms with Gasteiger partial charge in [-0.15, -0.1) is 0 Å². The van der Waals surface area contributed by atoms with Gasteiger partial charge >= 0.3 is 12.1 Å². The van der Waals surface area contributed by atoms with E-state index in [1.807, 2.05) is 0 Å². The molecule has 0 saturated carbocycles. The van der Waals surface area contributed by atoms with E-state index in [0.717, 1.165) is 6.92 Å². The molecule has 6 nitrogen and oxygen atoms in total. The van der Waals surface area contributed by atoms with Gasteiger partial charge in [0.2, 0.25) is 40.7 Å². The van der Waals surface area contributed by atoms with Crippen LogP contribution in [0.1, 0.15) is 13.3 Å². The second-order valence-corrected chi connectivity index (χ2v) is 4.70. The van der Waals surface area contributed by atoms with Crippen LogP contribution in [0.2, 0.25) is 0 Å². The van der Waals surface area contributed by atoms with Gasteiger partial charge in [-0.3, -0.25) is 9.59 Å². The molecule has 11 heteroatoms. The van der Waals surface area contributed by atoms with Crippen LogP contribution in [0.15, 0.2) is 0 Å². The van der Waals surface area contributed by atoms with Crippen LogP contribution in [0.25, 0.3) is 0 Å². The minimum Gasteiger partial charge on any atom is -0.447 e. The molecule has 1 heterocycles. The molecule has 1 aliphatic rings. The van der Waals surface area contributed by atoms with Crippen LogP contribution in [0, 0.1) is 29.1 Å². The van der Waals surface area contributed by atoms with Crippen molar-refractivity contribution in [1.82, 2.24) is 4.90 Å². The molecule has 24 heavy (non-hydrogen) atoms. The summed E-state index contributed by atoms with van der Waals surface area (Å²) >= 11 is 0. The molecule has 1 aromatic rings. The predicted octanol–water partition coefficient (Wildman–Crippen LogP) is 2.04. The lowest BCUT2D eigenvalue weighted by molar-refractivity contribution is -0.136. The zero-order valence-corrected chi connectivity index (χ0v) is 11.9. The zero-order valence-electron chi connectivity index (χ0n) is 11.9. The molecule has 0 spiro atoms. The van der Waals surface area contributed by atoms with E-state index in [2.05, 4.69) is 9.47 Å². The van der Waals surface area contributed by atoms with Crippen molar-refractivity contribution < 1.29 is 45.8 Å². The van der Waals surface area contributed by atoms with E-state index in [0.29, 0.717) is 4.90 Å². The van der Waals surface area contributed by atoms with Crippen molar-refractivity contribution in [2.24, 2.45) is 0 Å². The number of carbonyl (C=O) groups is 3. The highest BCUT2D eigenvalue weighted by molar-refractivity contribution is 5.92. The van der Waals surface area contributed by atoms with Gasteiger partial charge in [-0.05, 0) is 0 Å². The van der Waals surface area contributed by atoms with Gasteiger partial charge in [0.05, 0.1) is 12.5 Å². The monoisotopic (exact) mass is 353 g/mol. The molecule has 0 bridgehead atoms. The van der Waals surface area contributed by atoms with E-state index in [-0.39, 0.29) is 6.61 Å². The summed E-state index contributed by atoms with van der Waals surface area (Å²) in [6.45, 7) is 0.625. The molecular weight excluding hydrogens is 345 g/mol. The molecule has 1 saturated heterocycles. The summed E-state index contributed by atoms with van der Waals surface area (Å²) in [6.07, 6.45) is -1.79. The minimum atomic E-state index is -2.40. The van der Waals surface area contributed by atoms with E-state index < -0.39 is 65.3 Å². The summed E-state index contributed by atoms with van der Waals surface area (Å²) in [5.41, 5.74) is 0. The summed E-state index contributed by atoms with van der Waals surface area (Å²) in [5, 5.41) is 0. The molecule has 0 aromatic heterocycles. The first kappa shape index (κ1) is 17.6. The van der Waals surface area contributed by atoms with Gasteiger partial charge in [-0.1, -0.05) is 0 Å². The summed E-state index contributed by atoms with van der Waals surface area (Å²) < 4.78 is 74.4. The Morgan fingerprint density at radius 1 is 1.08 bits per heavy atom. The minimum absolute atomic E-state index is 0.384. The molecule has 0 N–H and O–H groups in total. The van der Waals surface area contributed by atoms with Gasteiger partial charge in [0.1, 0.15) is 6.61 Å². The van der Waals surface area contributed by atoms with Crippen LogP contribution in [-0.2, 0) is 14.3 Å². The number of rotatable bonds is 3. The quantitative estimate of drug-likeness (QED) is 0.273. The number of hydrogen-bond donors (Lipinski definition) is 0. The van der Waals surface area contributed by atoms with E-state index in [1.54, 1.807) is 0 Å². The van der Waals surface area contributed by atoms with Gasteiger partial charge in [0, 0.05) is 6.92 Å². The summed E-state index contributed by atoms with van der Waals surface area (Å²) in [4.78, 5) is 34.8. The molecule has 1 aliphatic heterocycles. The van der Waals surface area contributed by atoms with E-state index in [1.165, 1.54) is 0 Å². The average Bonchev–Trinajstić information content (AvgIpc) is 2.88. The third-order valence-corrected chi connectivity index (χ3v) is 3.09. The smallest absolute Gasteiger partial charge is 0.416 e. The first-order valence-corrected chi connectivity index (χ1v) is 6.33. The van der Waals surface area contributed by atoms with Gasteiger partial charge < -0.3 is 9.47 Å². The first-order chi connectivity index (χ1) is 11.1. The molecule has 0 unspecified atom stereocenters. The van der Waals surface area contributed by atoms with E-state index >= 15 is 0 Å². The number of imide groups is 1. The number of cyclic esters (lactones) is 1. The Kier molecular flexibility index (Phi) is 4.71. The predicted molar refractivity (Wildman–Crippen MR) is 64.1 cm³/mol. The Labute approximate surface area is 130 Å². The number of halogens is 5. The molecule has 2 rings (SSSR count). The third-order valence-electron chi connectivity index (χ3n) is 3.09.